The molecule has 2 heterocycles. The van der Waals surface area contributed by atoms with E-state index in [2.05, 4.69) is 6.07 Å². The molecule has 2 unspecified atom stereocenters. The van der Waals surface area contributed by atoms with Crippen LogP contribution >= 0.6 is 0 Å². The van der Waals surface area contributed by atoms with Crippen molar-refractivity contribution in [3.8, 4) is 5.75 Å². The molecule has 2 aliphatic rings. The summed E-state index contributed by atoms with van der Waals surface area (Å²) in [7, 11) is 0. The number of para-hydroxylation sites is 1. The Morgan fingerprint density at radius 1 is 1.15 bits per heavy atom. The summed E-state index contributed by atoms with van der Waals surface area (Å²) in [5.74, 6) is 1.02. The quantitative estimate of drug-likeness (QED) is 0.605. The molecule has 0 aromatic heterocycles. The fourth-order valence-electron chi connectivity index (χ4n) is 2.10. The summed E-state index contributed by atoms with van der Waals surface area (Å²) >= 11 is 0. The number of hydrogen-bond donors (Lipinski definition) is 0. The summed E-state index contributed by atoms with van der Waals surface area (Å²) in [6, 6.07) is 8.19. The number of fused-ring (bicyclic) bond motifs is 4. The Morgan fingerprint density at radius 3 is 3.08 bits per heavy atom. The molecular formula is C11H12O2. The normalized spacial score (nSPS) is 30.5. The number of ether oxygens (including phenoxy) is 2. The van der Waals surface area contributed by atoms with Crippen LogP contribution in [0, 0.1) is 0 Å². The highest BCUT2D eigenvalue weighted by molar-refractivity contribution is 5.36. The predicted molar refractivity (Wildman–Crippen MR) is 48.5 cm³/mol. The van der Waals surface area contributed by atoms with Gasteiger partial charge in [0.25, 0.3) is 0 Å². The Balaban J connectivity index is 2.06. The van der Waals surface area contributed by atoms with E-state index in [1.165, 1.54) is 12.0 Å². The Bertz CT molecular complexity index is 322. The second kappa shape index (κ2) is 2.74. The van der Waals surface area contributed by atoms with Crippen LogP contribution in [0.5, 0.6) is 5.75 Å². The predicted octanol–water partition coefficient (Wildman–Crippen LogP) is 2.65. The molecule has 0 radical (unpaired) electrons. The SMILES string of the molecule is c1ccc2c(c1)OC1CCCC2O1. The summed E-state index contributed by atoms with van der Waals surface area (Å²) < 4.78 is 11.4. The van der Waals surface area contributed by atoms with Gasteiger partial charge in [0.05, 0.1) is 6.10 Å². The lowest BCUT2D eigenvalue weighted by Crippen LogP contribution is -2.32. The Morgan fingerprint density at radius 2 is 2.08 bits per heavy atom. The van der Waals surface area contributed by atoms with Gasteiger partial charge < -0.3 is 9.47 Å². The Kier molecular flexibility index (Phi) is 1.56. The summed E-state index contributed by atoms with van der Waals surface area (Å²) in [5, 5.41) is 0. The summed E-state index contributed by atoms with van der Waals surface area (Å²) in [6.45, 7) is 0. The van der Waals surface area contributed by atoms with Gasteiger partial charge in [-0.05, 0) is 18.9 Å². The van der Waals surface area contributed by atoms with Crippen LogP contribution in [0.4, 0.5) is 0 Å². The second-order valence-electron chi connectivity index (χ2n) is 3.64. The molecule has 2 bridgehead atoms. The van der Waals surface area contributed by atoms with Gasteiger partial charge in [0.15, 0.2) is 0 Å². The molecule has 13 heavy (non-hydrogen) atoms. The smallest absolute Gasteiger partial charge is 0.200 e. The molecule has 0 aliphatic carbocycles. The van der Waals surface area contributed by atoms with Crippen molar-refractivity contribution >= 4 is 0 Å². The van der Waals surface area contributed by atoms with Gasteiger partial charge in [-0.15, -0.1) is 0 Å². The van der Waals surface area contributed by atoms with E-state index in [9.17, 15) is 0 Å². The van der Waals surface area contributed by atoms with E-state index in [0.29, 0.717) is 0 Å². The van der Waals surface area contributed by atoms with Crippen LogP contribution in [0.15, 0.2) is 24.3 Å². The van der Waals surface area contributed by atoms with E-state index in [1.54, 1.807) is 0 Å². The van der Waals surface area contributed by atoms with E-state index in [-0.39, 0.29) is 12.4 Å². The van der Waals surface area contributed by atoms with Crippen molar-refractivity contribution in [2.45, 2.75) is 31.7 Å². The summed E-state index contributed by atoms with van der Waals surface area (Å²) in [4.78, 5) is 0. The number of benzene rings is 1. The van der Waals surface area contributed by atoms with Gasteiger partial charge in [0.1, 0.15) is 5.75 Å². The molecule has 2 heteroatoms. The van der Waals surface area contributed by atoms with Crippen molar-refractivity contribution in [3.63, 3.8) is 0 Å². The van der Waals surface area contributed by atoms with Gasteiger partial charge in [-0.1, -0.05) is 18.2 Å². The van der Waals surface area contributed by atoms with Gasteiger partial charge >= 0.3 is 0 Å². The third-order valence-corrected chi connectivity index (χ3v) is 2.75. The molecular weight excluding hydrogens is 164 g/mol. The largest absolute Gasteiger partial charge is 0.465 e. The van der Waals surface area contributed by atoms with E-state index < -0.39 is 0 Å². The molecule has 1 aromatic carbocycles. The maximum Gasteiger partial charge on any atom is 0.200 e. The monoisotopic (exact) mass is 176 g/mol. The first-order chi connectivity index (χ1) is 6.43. The fourth-order valence-corrected chi connectivity index (χ4v) is 2.10. The van der Waals surface area contributed by atoms with E-state index >= 15 is 0 Å². The topological polar surface area (TPSA) is 18.5 Å². The zero-order valence-electron chi connectivity index (χ0n) is 7.40. The highest BCUT2D eigenvalue weighted by Gasteiger charge is 2.31. The lowest BCUT2D eigenvalue weighted by molar-refractivity contribution is -0.167. The minimum Gasteiger partial charge on any atom is -0.465 e. The van der Waals surface area contributed by atoms with E-state index in [0.717, 1.165) is 18.6 Å². The molecule has 1 saturated heterocycles. The van der Waals surface area contributed by atoms with Gasteiger partial charge in [-0.25, -0.2) is 0 Å². The molecule has 0 amide bonds. The first-order valence-corrected chi connectivity index (χ1v) is 4.84. The fraction of sp³-hybridized carbons (Fsp3) is 0.455. The highest BCUT2D eigenvalue weighted by atomic mass is 16.7. The molecule has 2 aliphatic heterocycles. The summed E-state index contributed by atoms with van der Waals surface area (Å²) in [5.41, 5.74) is 1.22. The van der Waals surface area contributed by atoms with Gasteiger partial charge in [0.2, 0.25) is 6.29 Å². The van der Waals surface area contributed by atoms with Crippen LogP contribution in [0.2, 0.25) is 0 Å². The van der Waals surface area contributed by atoms with Crippen molar-refractivity contribution in [1.82, 2.24) is 0 Å². The first-order valence-electron chi connectivity index (χ1n) is 4.84. The van der Waals surface area contributed by atoms with Crippen molar-refractivity contribution in [2.24, 2.45) is 0 Å². The minimum absolute atomic E-state index is 0.00801. The van der Waals surface area contributed by atoms with Gasteiger partial charge in [-0.2, -0.15) is 0 Å². The lowest BCUT2D eigenvalue weighted by atomic mass is 9.98. The number of rotatable bonds is 0. The van der Waals surface area contributed by atoms with Crippen molar-refractivity contribution < 1.29 is 9.47 Å². The minimum atomic E-state index is 0.00801. The van der Waals surface area contributed by atoms with Crippen LogP contribution < -0.4 is 4.74 Å². The van der Waals surface area contributed by atoms with Crippen LogP contribution in [-0.4, -0.2) is 6.29 Å². The zero-order chi connectivity index (χ0) is 8.67. The highest BCUT2D eigenvalue weighted by Crippen LogP contribution is 2.41. The zero-order valence-corrected chi connectivity index (χ0v) is 7.40. The van der Waals surface area contributed by atoms with Crippen molar-refractivity contribution in [2.75, 3.05) is 0 Å². The van der Waals surface area contributed by atoms with E-state index in [4.69, 9.17) is 9.47 Å². The number of hydrogen-bond acceptors (Lipinski definition) is 2. The first kappa shape index (κ1) is 7.39. The molecule has 68 valence electrons. The Labute approximate surface area is 77.5 Å². The molecule has 2 atom stereocenters. The average molecular weight is 176 g/mol. The van der Waals surface area contributed by atoms with E-state index in [1.807, 2.05) is 18.2 Å². The summed E-state index contributed by atoms with van der Waals surface area (Å²) in [6.07, 6.45) is 3.67. The third-order valence-electron chi connectivity index (χ3n) is 2.75. The van der Waals surface area contributed by atoms with Crippen LogP contribution in [0.25, 0.3) is 0 Å². The standard InChI is InChI=1S/C11H12O2/c1-2-5-9-8(4-1)10-6-3-7-11(12-9)13-10/h1-2,4-5,10-11H,3,6-7H2. The van der Waals surface area contributed by atoms with Crippen LogP contribution in [0.3, 0.4) is 0 Å². The lowest BCUT2D eigenvalue weighted by Gasteiger charge is -2.36. The molecule has 3 rings (SSSR count). The van der Waals surface area contributed by atoms with Crippen LogP contribution in [-0.2, 0) is 4.74 Å². The maximum atomic E-state index is 5.73. The Hall–Kier alpha value is -1.02. The second-order valence-corrected chi connectivity index (χ2v) is 3.64. The molecule has 2 nitrogen and oxygen atoms in total. The average Bonchev–Trinajstić information content (AvgIpc) is 2.18. The van der Waals surface area contributed by atoms with Crippen molar-refractivity contribution in [1.29, 1.82) is 0 Å². The molecule has 0 spiro atoms. The molecule has 1 aromatic rings. The maximum absolute atomic E-state index is 5.73. The van der Waals surface area contributed by atoms with Gasteiger partial charge in [0, 0.05) is 12.0 Å². The van der Waals surface area contributed by atoms with Gasteiger partial charge in [-0.3, -0.25) is 0 Å². The molecule has 0 N–H and O–H groups in total. The van der Waals surface area contributed by atoms with Crippen molar-refractivity contribution in [3.05, 3.63) is 29.8 Å². The molecule has 0 saturated carbocycles. The molecule has 1 fully saturated rings. The van der Waals surface area contributed by atoms with Crippen LogP contribution in [0.1, 0.15) is 30.9 Å². The third kappa shape index (κ3) is 1.13.